The van der Waals surface area contributed by atoms with Gasteiger partial charge in [-0.1, -0.05) is 6.92 Å². The van der Waals surface area contributed by atoms with Gasteiger partial charge in [0.05, 0.1) is 0 Å². The normalized spacial score (nSPS) is 11.6. The molecular formula is C11H12F3N5. The van der Waals surface area contributed by atoms with Gasteiger partial charge in [0, 0.05) is 25.7 Å². The first-order chi connectivity index (χ1) is 8.94. The number of halogens is 3. The number of hydrogen-bond acceptors (Lipinski definition) is 4. The van der Waals surface area contributed by atoms with E-state index in [1.165, 1.54) is 12.3 Å². The Morgan fingerprint density at radius 3 is 2.58 bits per heavy atom. The zero-order chi connectivity index (χ0) is 14.0. The van der Waals surface area contributed by atoms with Crippen molar-refractivity contribution in [3.8, 4) is 5.82 Å². The fourth-order valence-corrected chi connectivity index (χ4v) is 1.49. The molecule has 19 heavy (non-hydrogen) atoms. The number of nitrogens with one attached hydrogen (secondary N) is 1. The first-order valence-corrected chi connectivity index (χ1v) is 5.63. The van der Waals surface area contributed by atoms with Crippen LogP contribution in [-0.2, 0) is 12.6 Å². The van der Waals surface area contributed by atoms with E-state index in [2.05, 4.69) is 20.4 Å². The van der Waals surface area contributed by atoms with Crippen LogP contribution < -0.4 is 5.32 Å². The van der Waals surface area contributed by atoms with E-state index < -0.39 is 11.9 Å². The molecule has 0 unspecified atom stereocenters. The molecule has 8 heteroatoms. The second kappa shape index (κ2) is 4.87. The van der Waals surface area contributed by atoms with Gasteiger partial charge in [0.2, 0.25) is 0 Å². The Hall–Kier alpha value is -2.12. The molecule has 0 spiro atoms. The quantitative estimate of drug-likeness (QED) is 0.930. The number of alkyl halides is 3. The predicted octanol–water partition coefficient (Wildman–Crippen LogP) is 2.29. The minimum atomic E-state index is -4.46. The van der Waals surface area contributed by atoms with Gasteiger partial charge in [-0.2, -0.15) is 18.3 Å². The average Bonchev–Trinajstić information content (AvgIpc) is 2.87. The van der Waals surface area contributed by atoms with Crippen molar-refractivity contribution in [3.05, 3.63) is 29.8 Å². The molecule has 5 nitrogen and oxygen atoms in total. The maximum atomic E-state index is 12.5. The van der Waals surface area contributed by atoms with Crippen LogP contribution >= 0.6 is 0 Å². The van der Waals surface area contributed by atoms with Crippen molar-refractivity contribution in [1.82, 2.24) is 19.7 Å². The zero-order valence-electron chi connectivity index (χ0n) is 10.4. The van der Waals surface area contributed by atoms with Crippen molar-refractivity contribution in [3.63, 3.8) is 0 Å². The van der Waals surface area contributed by atoms with Gasteiger partial charge in [0.25, 0.3) is 0 Å². The van der Waals surface area contributed by atoms with Crippen LogP contribution in [0.5, 0.6) is 0 Å². The second-order valence-corrected chi connectivity index (χ2v) is 3.77. The third kappa shape index (κ3) is 2.83. The van der Waals surface area contributed by atoms with Crippen LogP contribution in [0.1, 0.15) is 18.4 Å². The first kappa shape index (κ1) is 13.3. The highest BCUT2D eigenvalue weighted by molar-refractivity contribution is 5.40. The van der Waals surface area contributed by atoms with Crippen LogP contribution in [-0.4, -0.2) is 26.8 Å². The second-order valence-electron chi connectivity index (χ2n) is 3.77. The summed E-state index contributed by atoms with van der Waals surface area (Å²) in [6, 6.07) is 2.44. The lowest BCUT2D eigenvalue weighted by Gasteiger charge is -2.06. The summed E-state index contributed by atoms with van der Waals surface area (Å²) in [6.07, 6.45) is -2.66. The SMILES string of the molecule is CCc1nc(NC)cc(-n2ccc(C(F)(F)F)n2)n1. The topological polar surface area (TPSA) is 55.6 Å². The maximum absolute atomic E-state index is 12.5. The summed E-state index contributed by atoms with van der Waals surface area (Å²) in [5.41, 5.74) is -0.949. The van der Waals surface area contributed by atoms with Gasteiger partial charge in [-0.05, 0) is 6.07 Å². The summed E-state index contributed by atoms with van der Waals surface area (Å²) in [6.45, 7) is 1.86. The highest BCUT2D eigenvalue weighted by atomic mass is 19.4. The molecule has 0 atom stereocenters. The molecule has 0 aliphatic rings. The number of rotatable bonds is 3. The molecule has 0 saturated carbocycles. The average molecular weight is 271 g/mol. The van der Waals surface area contributed by atoms with Crippen molar-refractivity contribution in [2.24, 2.45) is 0 Å². The Morgan fingerprint density at radius 2 is 2.05 bits per heavy atom. The molecule has 0 bridgehead atoms. The Kier molecular flexibility index (Phi) is 3.41. The third-order valence-corrected chi connectivity index (χ3v) is 2.45. The van der Waals surface area contributed by atoms with Crippen molar-refractivity contribution in [1.29, 1.82) is 0 Å². The van der Waals surface area contributed by atoms with Gasteiger partial charge in [-0.25, -0.2) is 14.6 Å². The highest BCUT2D eigenvalue weighted by Gasteiger charge is 2.33. The lowest BCUT2D eigenvalue weighted by molar-refractivity contribution is -0.141. The third-order valence-electron chi connectivity index (χ3n) is 2.45. The predicted molar refractivity (Wildman–Crippen MR) is 63.1 cm³/mol. The smallest absolute Gasteiger partial charge is 0.373 e. The summed E-state index contributed by atoms with van der Waals surface area (Å²) < 4.78 is 38.5. The van der Waals surface area contributed by atoms with Crippen LogP contribution in [0.3, 0.4) is 0 Å². The molecule has 2 aromatic rings. The van der Waals surface area contributed by atoms with E-state index >= 15 is 0 Å². The van der Waals surface area contributed by atoms with Crippen molar-refractivity contribution >= 4 is 5.82 Å². The number of anilines is 1. The lowest BCUT2D eigenvalue weighted by Crippen LogP contribution is -2.09. The fourth-order valence-electron chi connectivity index (χ4n) is 1.49. The Bertz CT molecular complexity index is 554. The zero-order valence-corrected chi connectivity index (χ0v) is 10.4. The van der Waals surface area contributed by atoms with Gasteiger partial charge in [-0.15, -0.1) is 0 Å². The Labute approximate surface area is 107 Å². The molecule has 0 saturated heterocycles. The summed E-state index contributed by atoms with van der Waals surface area (Å²) in [5.74, 6) is 1.36. The van der Waals surface area contributed by atoms with Crippen LogP contribution in [0.25, 0.3) is 5.82 Å². The number of nitrogens with zero attached hydrogens (tertiary/aromatic N) is 4. The molecule has 0 amide bonds. The minimum absolute atomic E-state index is 0.298. The first-order valence-electron chi connectivity index (χ1n) is 5.63. The maximum Gasteiger partial charge on any atom is 0.435 e. The molecule has 0 aromatic carbocycles. The van der Waals surface area contributed by atoms with Gasteiger partial charge >= 0.3 is 6.18 Å². The van der Waals surface area contributed by atoms with Crippen molar-refractivity contribution in [2.45, 2.75) is 19.5 Å². The summed E-state index contributed by atoms with van der Waals surface area (Å²) in [7, 11) is 1.68. The van der Waals surface area contributed by atoms with E-state index in [4.69, 9.17) is 0 Å². The highest BCUT2D eigenvalue weighted by Crippen LogP contribution is 2.27. The van der Waals surface area contributed by atoms with Crippen LogP contribution in [0, 0.1) is 0 Å². The number of aryl methyl sites for hydroxylation is 1. The molecule has 0 aliphatic carbocycles. The van der Waals surface area contributed by atoms with Gasteiger partial charge < -0.3 is 5.32 Å². The van der Waals surface area contributed by atoms with Gasteiger partial charge in [0.15, 0.2) is 11.5 Å². The van der Waals surface area contributed by atoms with E-state index in [-0.39, 0.29) is 0 Å². The number of aromatic nitrogens is 4. The van der Waals surface area contributed by atoms with E-state index in [0.29, 0.717) is 23.9 Å². The van der Waals surface area contributed by atoms with E-state index in [1.54, 1.807) is 7.05 Å². The molecule has 2 heterocycles. The van der Waals surface area contributed by atoms with E-state index in [9.17, 15) is 13.2 Å². The summed E-state index contributed by atoms with van der Waals surface area (Å²) >= 11 is 0. The van der Waals surface area contributed by atoms with Crippen LogP contribution in [0.4, 0.5) is 19.0 Å². The largest absolute Gasteiger partial charge is 0.435 e. The summed E-state index contributed by atoms with van der Waals surface area (Å²) in [4.78, 5) is 8.31. The monoisotopic (exact) mass is 271 g/mol. The van der Waals surface area contributed by atoms with Crippen molar-refractivity contribution in [2.75, 3.05) is 12.4 Å². The fraction of sp³-hybridized carbons (Fsp3) is 0.364. The van der Waals surface area contributed by atoms with Gasteiger partial charge in [0.1, 0.15) is 11.6 Å². The lowest BCUT2D eigenvalue weighted by atomic mass is 10.4. The van der Waals surface area contributed by atoms with Crippen LogP contribution in [0.2, 0.25) is 0 Å². The standard InChI is InChI=1S/C11H12F3N5/c1-3-8-16-9(15-2)6-10(17-8)19-5-4-7(18-19)11(12,13)14/h4-6H,3H2,1-2H3,(H,15,16,17). The summed E-state index contributed by atoms with van der Waals surface area (Å²) in [5, 5.41) is 6.31. The van der Waals surface area contributed by atoms with Gasteiger partial charge in [-0.3, -0.25) is 0 Å². The van der Waals surface area contributed by atoms with E-state index in [1.807, 2.05) is 6.92 Å². The molecule has 0 aliphatic heterocycles. The molecule has 1 N–H and O–H groups in total. The molecule has 2 rings (SSSR count). The van der Waals surface area contributed by atoms with Crippen molar-refractivity contribution < 1.29 is 13.2 Å². The Morgan fingerprint density at radius 1 is 1.32 bits per heavy atom. The van der Waals surface area contributed by atoms with E-state index in [0.717, 1.165) is 10.7 Å². The Balaban J connectivity index is 2.43. The molecule has 102 valence electrons. The molecule has 0 fully saturated rings. The minimum Gasteiger partial charge on any atom is -0.373 e. The molecular weight excluding hydrogens is 259 g/mol. The molecule has 2 aromatic heterocycles. The molecule has 0 radical (unpaired) electrons. The van der Waals surface area contributed by atoms with Crippen LogP contribution in [0.15, 0.2) is 18.3 Å². The number of hydrogen-bond donors (Lipinski definition) is 1.